The van der Waals surface area contributed by atoms with E-state index in [1.54, 1.807) is 0 Å². The Labute approximate surface area is 126 Å². The predicted octanol–water partition coefficient (Wildman–Crippen LogP) is 4.15. The smallest absolute Gasteiger partial charge is 0.232 e. The number of hydrogen-bond donors (Lipinski definition) is 0. The third-order valence-corrected chi connectivity index (χ3v) is 4.28. The topological polar surface area (TPSA) is 43.4 Å². The summed E-state index contributed by atoms with van der Waals surface area (Å²) in [5, 5.41) is 0. The minimum atomic E-state index is -3.34. The van der Waals surface area contributed by atoms with Crippen LogP contribution in [0.25, 0.3) is 0 Å². The van der Waals surface area contributed by atoms with E-state index in [0.717, 1.165) is 25.0 Å². The zero-order valence-electron chi connectivity index (χ0n) is 12.0. The molecule has 0 aliphatic rings. The van der Waals surface area contributed by atoms with Gasteiger partial charge in [0.05, 0.1) is 12.4 Å². The van der Waals surface area contributed by atoms with Gasteiger partial charge in [0.15, 0.2) is 0 Å². The molecule has 0 saturated carbocycles. The summed E-state index contributed by atoms with van der Waals surface area (Å²) in [7, 11) is 1.79. The molecular formula is C15H23ClO3S. The molecule has 114 valence electrons. The Bertz CT molecular complexity index is 468. The van der Waals surface area contributed by atoms with Crippen LogP contribution in [0.3, 0.4) is 0 Å². The number of ether oxygens (including phenoxy) is 1. The Hall–Kier alpha value is -0.740. The van der Waals surface area contributed by atoms with E-state index < -0.39 is 9.05 Å². The average molecular weight is 319 g/mol. The van der Waals surface area contributed by atoms with Gasteiger partial charge in [-0.05, 0) is 49.8 Å². The lowest BCUT2D eigenvalue weighted by molar-refractivity contribution is 0.306. The number of aryl methyl sites for hydroxylation is 1. The van der Waals surface area contributed by atoms with Crippen LogP contribution in [0.2, 0.25) is 0 Å². The van der Waals surface area contributed by atoms with Crippen molar-refractivity contribution >= 4 is 19.7 Å². The summed E-state index contributed by atoms with van der Waals surface area (Å²) in [6.45, 7) is 2.80. The van der Waals surface area contributed by atoms with E-state index in [2.05, 4.69) is 19.1 Å². The Balaban J connectivity index is 2.16. The Morgan fingerprint density at radius 3 is 2.35 bits per heavy atom. The lowest BCUT2D eigenvalue weighted by Crippen LogP contribution is -2.00. The SMILES string of the molecule is CCCCc1ccc(OCCCCCS(=O)(=O)Cl)cc1. The van der Waals surface area contributed by atoms with Crippen molar-refractivity contribution in [3.63, 3.8) is 0 Å². The van der Waals surface area contributed by atoms with Gasteiger partial charge in [-0.1, -0.05) is 25.5 Å². The molecule has 0 N–H and O–H groups in total. The molecule has 0 fully saturated rings. The summed E-state index contributed by atoms with van der Waals surface area (Å²) >= 11 is 0. The molecule has 0 unspecified atom stereocenters. The van der Waals surface area contributed by atoms with E-state index in [0.29, 0.717) is 13.0 Å². The molecule has 0 heterocycles. The van der Waals surface area contributed by atoms with Crippen molar-refractivity contribution in [2.45, 2.75) is 45.4 Å². The van der Waals surface area contributed by atoms with Crippen molar-refractivity contribution in [1.29, 1.82) is 0 Å². The molecule has 1 aromatic carbocycles. The summed E-state index contributed by atoms with van der Waals surface area (Å²) in [6.07, 6.45) is 5.76. The summed E-state index contributed by atoms with van der Waals surface area (Å²) in [5.41, 5.74) is 1.34. The molecule has 0 amide bonds. The zero-order valence-corrected chi connectivity index (χ0v) is 13.5. The van der Waals surface area contributed by atoms with Crippen molar-refractivity contribution in [1.82, 2.24) is 0 Å². The largest absolute Gasteiger partial charge is 0.494 e. The molecule has 0 bridgehead atoms. The third-order valence-electron chi connectivity index (χ3n) is 3.04. The van der Waals surface area contributed by atoms with Crippen LogP contribution in [-0.4, -0.2) is 20.8 Å². The number of hydrogen-bond acceptors (Lipinski definition) is 3. The van der Waals surface area contributed by atoms with Crippen LogP contribution in [0.5, 0.6) is 5.75 Å². The fourth-order valence-electron chi connectivity index (χ4n) is 1.88. The van der Waals surface area contributed by atoms with Crippen molar-refractivity contribution in [3.05, 3.63) is 29.8 Å². The lowest BCUT2D eigenvalue weighted by Gasteiger charge is -2.07. The third kappa shape index (κ3) is 8.43. The predicted molar refractivity (Wildman–Crippen MR) is 84.0 cm³/mol. The van der Waals surface area contributed by atoms with Crippen LogP contribution < -0.4 is 4.74 Å². The van der Waals surface area contributed by atoms with Crippen molar-refractivity contribution in [2.75, 3.05) is 12.4 Å². The van der Waals surface area contributed by atoms with E-state index in [1.807, 2.05) is 12.1 Å². The number of benzene rings is 1. The van der Waals surface area contributed by atoms with Crippen LogP contribution in [0.15, 0.2) is 24.3 Å². The standard InChI is InChI=1S/C15H23ClO3S/c1-2-3-7-14-8-10-15(11-9-14)19-12-5-4-6-13-20(16,17)18/h8-11H,2-7,12-13H2,1H3. The van der Waals surface area contributed by atoms with E-state index in [1.165, 1.54) is 18.4 Å². The quantitative estimate of drug-likeness (QED) is 0.481. The van der Waals surface area contributed by atoms with Crippen LogP contribution in [0.1, 0.15) is 44.6 Å². The van der Waals surface area contributed by atoms with Crippen LogP contribution in [-0.2, 0) is 15.5 Å². The molecule has 20 heavy (non-hydrogen) atoms. The zero-order chi connectivity index (χ0) is 14.8. The maximum Gasteiger partial charge on any atom is 0.232 e. The fraction of sp³-hybridized carbons (Fsp3) is 0.600. The van der Waals surface area contributed by atoms with Crippen molar-refractivity contribution < 1.29 is 13.2 Å². The highest BCUT2D eigenvalue weighted by Gasteiger charge is 2.03. The molecule has 0 atom stereocenters. The normalized spacial score (nSPS) is 11.5. The molecule has 0 aliphatic carbocycles. The first-order chi connectivity index (χ1) is 9.51. The average Bonchev–Trinajstić information content (AvgIpc) is 2.40. The first kappa shape index (κ1) is 17.3. The van der Waals surface area contributed by atoms with Gasteiger partial charge in [-0.25, -0.2) is 8.42 Å². The summed E-state index contributed by atoms with van der Waals surface area (Å²) in [5.74, 6) is 0.913. The van der Waals surface area contributed by atoms with Gasteiger partial charge >= 0.3 is 0 Å². The molecule has 3 nitrogen and oxygen atoms in total. The van der Waals surface area contributed by atoms with E-state index in [-0.39, 0.29) is 5.75 Å². The van der Waals surface area contributed by atoms with Gasteiger partial charge < -0.3 is 4.74 Å². The van der Waals surface area contributed by atoms with Crippen LogP contribution >= 0.6 is 10.7 Å². The van der Waals surface area contributed by atoms with E-state index >= 15 is 0 Å². The van der Waals surface area contributed by atoms with Gasteiger partial charge in [0.25, 0.3) is 0 Å². The maximum absolute atomic E-state index is 10.7. The highest BCUT2D eigenvalue weighted by molar-refractivity contribution is 8.13. The molecule has 1 rings (SSSR count). The minimum Gasteiger partial charge on any atom is -0.494 e. The molecule has 5 heteroatoms. The first-order valence-electron chi connectivity index (χ1n) is 7.15. The van der Waals surface area contributed by atoms with Gasteiger partial charge in [-0.2, -0.15) is 0 Å². The van der Waals surface area contributed by atoms with Crippen molar-refractivity contribution in [2.24, 2.45) is 0 Å². The summed E-state index contributed by atoms with van der Waals surface area (Å²) in [4.78, 5) is 0. The second-order valence-corrected chi connectivity index (χ2v) is 7.80. The summed E-state index contributed by atoms with van der Waals surface area (Å²) in [6, 6.07) is 8.19. The highest BCUT2D eigenvalue weighted by atomic mass is 35.7. The second kappa shape index (κ2) is 9.24. The van der Waals surface area contributed by atoms with E-state index in [4.69, 9.17) is 15.4 Å². The number of rotatable bonds is 10. The number of unbranched alkanes of at least 4 members (excludes halogenated alkanes) is 3. The van der Waals surface area contributed by atoms with Crippen molar-refractivity contribution in [3.8, 4) is 5.75 Å². The first-order valence-corrected chi connectivity index (χ1v) is 9.63. The highest BCUT2D eigenvalue weighted by Crippen LogP contribution is 2.14. The Morgan fingerprint density at radius 1 is 1.05 bits per heavy atom. The molecule has 0 spiro atoms. The van der Waals surface area contributed by atoms with Gasteiger partial charge in [-0.3, -0.25) is 0 Å². The summed E-state index contributed by atoms with van der Waals surface area (Å²) < 4.78 is 27.1. The minimum absolute atomic E-state index is 0.0423. The van der Waals surface area contributed by atoms with Crippen LogP contribution in [0, 0.1) is 0 Å². The fourth-order valence-corrected chi connectivity index (χ4v) is 2.75. The molecule has 0 radical (unpaired) electrons. The Morgan fingerprint density at radius 2 is 1.75 bits per heavy atom. The van der Waals surface area contributed by atoms with Gasteiger partial charge in [0.1, 0.15) is 5.75 Å². The maximum atomic E-state index is 10.7. The van der Waals surface area contributed by atoms with Gasteiger partial charge in [-0.15, -0.1) is 0 Å². The van der Waals surface area contributed by atoms with Gasteiger partial charge in [0.2, 0.25) is 9.05 Å². The monoisotopic (exact) mass is 318 g/mol. The van der Waals surface area contributed by atoms with E-state index in [9.17, 15) is 8.42 Å². The lowest BCUT2D eigenvalue weighted by atomic mass is 10.1. The molecular weight excluding hydrogens is 296 g/mol. The van der Waals surface area contributed by atoms with Crippen LogP contribution in [0.4, 0.5) is 0 Å². The number of halogens is 1. The second-order valence-electron chi connectivity index (χ2n) is 4.90. The Kier molecular flexibility index (Phi) is 8.00. The van der Waals surface area contributed by atoms with Gasteiger partial charge in [0, 0.05) is 10.7 Å². The molecule has 0 aromatic heterocycles. The molecule has 0 aliphatic heterocycles. The molecule has 0 saturated heterocycles. The molecule has 1 aromatic rings.